The van der Waals surface area contributed by atoms with E-state index < -0.39 is 36.9 Å². The Morgan fingerprint density at radius 3 is 2.39 bits per heavy atom. The van der Waals surface area contributed by atoms with E-state index >= 15 is 0 Å². The molecular weight excluding hydrogens is 307 g/mol. The van der Waals surface area contributed by atoms with Crippen molar-refractivity contribution in [3.8, 4) is 5.75 Å². The highest BCUT2D eigenvalue weighted by Crippen LogP contribution is 2.10. The first-order chi connectivity index (χ1) is 10.9. The number of halogens is 1. The molecule has 2 N–H and O–H groups in total. The van der Waals surface area contributed by atoms with Crippen molar-refractivity contribution in [3.63, 3.8) is 0 Å². The molecule has 0 aliphatic rings. The van der Waals surface area contributed by atoms with Gasteiger partial charge in [-0.25, -0.2) is 14.0 Å². The van der Waals surface area contributed by atoms with Crippen molar-refractivity contribution in [1.29, 1.82) is 0 Å². The van der Waals surface area contributed by atoms with Crippen molar-refractivity contribution in [2.75, 3.05) is 19.8 Å². The van der Waals surface area contributed by atoms with Gasteiger partial charge in [-0.15, -0.1) is 0 Å². The maximum absolute atomic E-state index is 12.7. The van der Waals surface area contributed by atoms with Gasteiger partial charge in [-0.1, -0.05) is 13.8 Å². The summed E-state index contributed by atoms with van der Waals surface area (Å²) in [5.41, 5.74) is 0. The molecule has 126 valence electrons. The van der Waals surface area contributed by atoms with Gasteiger partial charge in [0.15, 0.2) is 13.2 Å². The molecule has 0 spiro atoms. The molecule has 0 aromatic heterocycles. The Morgan fingerprint density at radius 1 is 1.13 bits per heavy atom. The standard InChI is InChI=1S/C15H19FN2O5/c1-10(2)7-17-15(21)18-13(19)8-23-14(20)9-22-12-5-3-11(16)4-6-12/h3-6,10H,7-9H2,1-2H3,(H2,17,18,19,21). The Morgan fingerprint density at radius 2 is 1.78 bits per heavy atom. The van der Waals surface area contributed by atoms with Crippen LogP contribution in [0, 0.1) is 11.7 Å². The predicted molar refractivity (Wildman–Crippen MR) is 79.2 cm³/mol. The summed E-state index contributed by atoms with van der Waals surface area (Å²) in [4.78, 5) is 34.1. The van der Waals surface area contributed by atoms with Crippen LogP contribution in [0.2, 0.25) is 0 Å². The van der Waals surface area contributed by atoms with Crippen LogP contribution in [-0.4, -0.2) is 37.7 Å². The van der Waals surface area contributed by atoms with Gasteiger partial charge in [0.2, 0.25) is 0 Å². The topological polar surface area (TPSA) is 93.7 Å². The zero-order valence-electron chi connectivity index (χ0n) is 12.9. The summed E-state index contributed by atoms with van der Waals surface area (Å²) >= 11 is 0. The summed E-state index contributed by atoms with van der Waals surface area (Å²) in [6, 6.07) is 4.43. The number of ether oxygens (including phenoxy) is 2. The van der Waals surface area contributed by atoms with Gasteiger partial charge in [-0.3, -0.25) is 10.1 Å². The van der Waals surface area contributed by atoms with Crippen LogP contribution in [0.3, 0.4) is 0 Å². The summed E-state index contributed by atoms with van der Waals surface area (Å²) in [7, 11) is 0. The number of hydrogen-bond donors (Lipinski definition) is 2. The normalized spacial score (nSPS) is 10.1. The molecule has 0 unspecified atom stereocenters. The molecule has 1 aromatic carbocycles. The molecular formula is C15H19FN2O5. The van der Waals surface area contributed by atoms with Crippen molar-refractivity contribution in [2.45, 2.75) is 13.8 Å². The fourth-order valence-electron chi connectivity index (χ4n) is 1.36. The zero-order chi connectivity index (χ0) is 17.2. The predicted octanol–water partition coefficient (Wildman–Crippen LogP) is 1.23. The monoisotopic (exact) mass is 326 g/mol. The SMILES string of the molecule is CC(C)CNC(=O)NC(=O)COC(=O)COc1ccc(F)cc1. The average Bonchev–Trinajstić information content (AvgIpc) is 2.50. The highest BCUT2D eigenvalue weighted by molar-refractivity contribution is 5.95. The summed E-state index contributed by atoms with van der Waals surface area (Å²) < 4.78 is 22.4. The minimum atomic E-state index is -0.785. The van der Waals surface area contributed by atoms with Crippen LogP contribution in [0.25, 0.3) is 0 Å². The largest absolute Gasteiger partial charge is 0.482 e. The molecule has 8 heteroatoms. The summed E-state index contributed by atoms with van der Waals surface area (Å²) in [6.07, 6.45) is 0. The molecule has 0 aliphatic heterocycles. The number of carbonyl (C=O) groups excluding carboxylic acids is 3. The average molecular weight is 326 g/mol. The van der Waals surface area contributed by atoms with Crippen LogP contribution in [0.4, 0.5) is 9.18 Å². The molecule has 1 rings (SSSR count). The molecule has 0 radical (unpaired) electrons. The van der Waals surface area contributed by atoms with Gasteiger partial charge in [-0.05, 0) is 30.2 Å². The van der Waals surface area contributed by atoms with Crippen molar-refractivity contribution in [3.05, 3.63) is 30.1 Å². The van der Waals surface area contributed by atoms with E-state index in [-0.39, 0.29) is 5.92 Å². The van der Waals surface area contributed by atoms with Crippen molar-refractivity contribution in [2.24, 2.45) is 5.92 Å². The smallest absolute Gasteiger partial charge is 0.344 e. The molecule has 0 saturated heterocycles. The second kappa shape index (κ2) is 9.39. The number of imide groups is 1. The van der Waals surface area contributed by atoms with E-state index in [2.05, 4.69) is 10.1 Å². The molecule has 0 bridgehead atoms. The molecule has 0 saturated carbocycles. The fourth-order valence-corrected chi connectivity index (χ4v) is 1.36. The Balaban J connectivity index is 2.20. The Hall–Kier alpha value is -2.64. The summed E-state index contributed by atoms with van der Waals surface area (Å²) in [5, 5.41) is 4.51. The van der Waals surface area contributed by atoms with Gasteiger partial charge >= 0.3 is 12.0 Å². The van der Waals surface area contributed by atoms with Crippen LogP contribution < -0.4 is 15.4 Å². The quantitative estimate of drug-likeness (QED) is 0.735. The summed E-state index contributed by atoms with van der Waals surface area (Å²) in [5.74, 6) is -1.42. The lowest BCUT2D eigenvalue weighted by Gasteiger charge is -2.09. The van der Waals surface area contributed by atoms with Gasteiger partial charge in [0.1, 0.15) is 11.6 Å². The van der Waals surface area contributed by atoms with E-state index in [9.17, 15) is 18.8 Å². The minimum absolute atomic E-state index is 0.247. The number of urea groups is 1. The van der Waals surface area contributed by atoms with E-state index in [4.69, 9.17) is 4.74 Å². The molecule has 7 nitrogen and oxygen atoms in total. The second-order valence-electron chi connectivity index (χ2n) is 5.06. The van der Waals surface area contributed by atoms with Crippen LogP contribution in [0.5, 0.6) is 5.75 Å². The van der Waals surface area contributed by atoms with Crippen LogP contribution in [0.1, 0.15) is 13.8 Å². The second-order valence-corrected chi connectivity index (χ2v) is 5.06. The Bertz CT molecular complexity index is 545. The summed E-state index contributed by atoms with van der Waals surface area (Å²) in [6.45, 7) is 3.21. The Labute approximate surface area is 133 Å². The van der Waals surface area contributed by atoms with Gasteiger partial charge in [0, 0.05) is 6.54 Å². The van der Waals surface area contributed by atoms with Crippen LogP contribution >= 0.6 is 0 Å². The van der Waals surface area contributed by atoms with Gasteiger partial charge in [0.25, 0.3) is 5.91 Å². The lowest BCUT2D eigenvalue weighted by atomic mass is 10.2. The molecule has 0 aliphatic carbocycles. The van der Waals surface area contributed by atoms with Crippen LogP contribution in [0.15, 0.2) is 24.3 Å². The number of rotatable bonds is 7. The van der Waals surface area contributed by atoms with Gasteiger partial charge in [-0.2, -0.15) is 0 Å². The maximum atomic E-state index is 12.7. The number of carbonyl (C=O) groups is 3. The third-order valence-corrected chi connectivity index (χ3v) is 2.46. The number of benzene rings is 1. The van der Waals surface area contributed by atoms with E-state index in [0.29, 0.717) is 12.3 Å². The van der Waals surface area contributed by atoms with Crippen molar-refractivity contribution < 1.29 is 28.2 Å². The lowest BCUT2D eigenvalue weighted by molar-refractivity contribution is -0.150. The minimum Gasteiger partial charge on any atom is -0.482 e. The first kappa shape index (κ1) is 18.4. The number of esters is 1. The number of amides is 3. The molecule has 23 heavy (non-hydrogen) atoms. The third-order valence-electron chi connectivity index (χ3n) is 2.46. The number of hydrogen-bond acceptors (Lipinski definition) is 5. The fraction of sp³-hybridized carbons (Fsp3) is 0.400. The van der Waals surface area contributed by atoms with E-state index in [1.54, 1.807) is 0 Å². The maximum Gasteiger partial charge on any atom is 0.344 e. The Kier molecular flexibility index (Phi) is 7.52. The number of nitrogens with one attached hydrogen (secondary N) is 2. The molecule has 3 amide bonds. The zero-order valence-corrected chi connectivity index (χ0v) is 12.9. The highest BCUT2D eigenvalue weighted by atomic mass is 19.1. The van der Waals surface area contributed by atoms with Gasteiger partial charge < -0.3 is 14.8 Å². The molecule has 1 aromatic rings. The van der Waals surface area contributed by atoms with Crippen molar-refractivity contribution in [1.82, 2.24) is 10.6 Å². The highest BCUT2D eigenvalue weighted by Gasteiger charge is 2.11. The molecule has 0 heterocycles. The molecule has 0 atom stereocenters. The lowest BCUT2D eigenvalue weighted by Crippen LogP contribution is -2.42. The van der Waals surface area contributed by atoms with Gasteiger partial charge in [0.05, 0.1) is 0 Å². The van der Waals surface area contributed by atoms with E-state index in [1.165, 1.54) is 24.3 Å². The first-order valence-electron chi connectivity index (χ1n) is 6.98. The molecule has 0 fully saturated rings. The first-order valence-corrected chi connectivity index (χ1v) is 6.98. The van der Waals surface area contributed by atoms with E-state index in [0.717, 1.165) is 0 Å². The van der Waals surface area contributed by atoms with Crippen LogP contribution in [-0.2, 0) is 14.3 Å². The third kappa shape index (κ3) is 8.40. The van der Waals surface area contributed by atoms with E-state index in [1.807, 2.05) is 19.2 Å². The van der Waals surface area contributed by atoms with Crippen molar-refractivity contribution >= 4 is 17.9 Å².